The van der Waals surface area contributed by atoms with Crippen LogP contribution < -0.4 is 10.1 Å². The zero-order chi connectivity index (χ0) is 21.1. The summed E-state index contributed by atoms with van der Waals surface area (Å²) in [4.78, 5) is 22.6. The number of aromatic nitrogens is 2. The molecule has 7 nitrogen and oxygen atoms in total. The van der Waals surface area contributed by atoms with Crippen LogP contribution in [0.2, 0.25) is 0 Å². The molecule has 0 saturated carbocycles. The molecule has 2 heterocycles. The van der Waals surface area contributed by atoms with E-state index in [0.717, 1.165) is 26.8 Å². The molecule has 8 heteroatoms. The predicted octanol–water partition coefficient (Wildman–Crippen LogP) is 2.98. The Morgan fingerprint density at radius 2 is 2.20 bits per heavy atom. The molecule has 3 aromatic rings. The molecule has 0 spiro atoms. The summed E-state index contributed by atoms with van der Waals surface area (Å²) in [6.45, 7) is 3.79. The van der Waals surface area contributed by atoms with Crippen molar-refractivity contribution in [3.63, 3.8) is 0 Å². The quantitative estimate of drug-likeness (QED) is 0.491. The molecule has 30 heavy (non-hydrogen) atoms. The van der Waals surface area contributed by atoms with Crippen LogP contribution in [0.3, 0.4) is 0 Å². The Kier molecular flexibility index (Phi) is 6.36. The molecule has 2 aromatic carbocycles. The number of β-amino-alcohol motifs (C(OH)–C–C–N with tert-alkyl or cyclic N) is 1. The maximum atomic E-state index is 12.9. The zero-order valence-corrected chi connectivity index (χ0v) is 18.4. The number of nitrogens with zero attached hydrogens (tertiary/aromatic N) is 2. The number of nitrogens with one attached hydrogen (secondary N) is 2. The van der Waals surface area contributed by atoms with E-state index in [1.807, 2.05) is 54.3 Å². The first kappa shape index (κ1) is 20.8. The molecule has 1 aliphatic heterocycles. The number of para-hydroxylation sites is 2. The smallest absolute Gasteiger partial charge is 0.237 e. The number of benzene rings is 2. The predicted molar refractivity (Wildman–Crippen MR) is 118 cm³/mol. The van der Waals surface area contributed by atoms with E-state index in [4.69, 9.17) is 4.74 Å². The number of rotatable bonds is 7. The van der Waals surface area contributed by atoms with Crippen molar-refractivity contribution in [2.45, 2.75) is 38.6 Å². The molecule has 1 saturated heterocycles. The van der Waals surface area contributed by atoms with Gasteiger partial charge in [0.2, 0.25) is 5.91 Å². The van der Waals surface area contributed by atoms with Crippen molar-refractivity contribution >= 4 is 32.9 Å². The Labute approximate surface area is 183 Å². The van der Waals surface area contributed by atoms with E-state index < -0.39 is 12.1 Å². The molecule has 0 aliphatic carbocycles. The minimum absolute atomic E-state index is 0.111. The highest BCUT2D eigenvalue weighted by molar-refractivity contribution is 9.10. The molecule has 1 aliphatic rings. The Bertz CT molecular complexity index is 1010. The number of imidazole rings is 1. The fourth-order valence-corrected chi connectivity index (χ4v) is 4.30. The first-order valence-electron chi connectivity index (χ1n) is 10.1. The summed E-state index contributed by atoms with van der Waals surface area (Å²) in [5.41, 5.74) is 2.80. The number of aromatic amines is 1. The molecule has 1 fully saturated rings. The number of ether oxygens (including phenoxy) is 1. The molecule has 0 radical (unpaired) electrons. The number of halogens is 1. The Hall–Kier alpha value is -2.42. The van der Waals surface area contributed by atoms with Crippen molar-refractivity contribution in [1.82, 2.24) is 20.2 Å². The van der Waals surface area contributed by atoms with Gasteiger partial charge in [-0.1, -0.05) is 28.1 Å². The topological polar surface area (TPSA) is 90.5 Å². The molecular weight excluding hydrogens is 448 g/mol. The maximum absolute atomic E-state index is 12.9. The zero-order valence-electron chi connectivity index (χ0n) is 16.8. The van der Waals surface area contributed by atoms with Gasteiger partial charge < -0.3 is 20.1 Å². The van der Waals surface area contributed by atoms with Gasteiger partial charge in [-0.15, -0.1) is 0 Å². The summed E-state index contributed by atoms with van der Waals surface area (Å²) < 4.78 is 6.69. The van der Waals surface area contributed by atoms with Crippen molar-refractivity contribution < 1.29 is 14.6 Å². The van der Waals surface area contributed by atoms with E-state index in [2.05, 4.69) is 31.2 Å². The molecule has 3 N–H and O–H groups in total. The third-order valence-corrected chi connectivity index (χ3v) is 5.74. The molecule has 2 atom stereocenters. The summed E-state index contributed by atoms with van der Waals surface area (Å²) in [6, 6.07) is 13.2. The van der Waals surface area contributed by atoms with Gasteiger partial charge in [-0.2, -0.15) is 0 Å². The number of carbonyl (C=O) groups is 1. The standard InChI is InChI=1S/C22H25BrN4O3/c1-2-30-20-8-7-15(23)9-14(20)12-27-13-16(28)10-19(27)22(29)24-11-21-25-17-5-3-4-6-18(17)26-21/h3-9,16,19,28H,2,10-13H2,1H3,(H,24,29)(H,25,26)/t16-,19+/m1/s1. The van der Waals surface area contributed by atoms with Crippen LogP contribution in [0.5, 0.6) is 5.75 Å². The highest BCUT2D eigenvalue weighted by Crippen LogP contribution is 2.28. The fraction of sp³-hybridized carbons (Fsp3) is 0.364. The van der Waals surface area contributed by atoms with Crippen molar-refractivity contribution in [1.29, 1.82) is 0 Å². The van der Waals surface area contributed by atoms with Crippen LogP contribution in [0.1, 0.15) is 24.7 Å². The Morgan fingerprint density at radius 3 is 3.00 bits per heavy atom. The molecular formula is C22H25BrN4O3. The number of hydrogen-bond donors (Lipinski definition) is 3. The Balaban J connectivity index is 1.44. The second-order valence-corrected chi connectivity index (χ2v) is 8.35. The van der Waals surface area contributed by atoms with Gasteiger partial charge in [0.25, 0.3) is 0 Å². The van der Waals surface area contributed by atoms with Crippen LogP contribution in [0.15, 0.2) is 46.9 Å². The van der Waals surface area contributed by atoms with Crippen molar-refractivity contribution in [2.75, 3.05) is 13.2 Å². The average molecular weight is 473 g/mol. The van der Waals surface area contributed by atoms with Gasteiger partial charge in [-0.3, -0.25) is 9.69 Å². The highest BCUT2D eigenvalue weighted by Gasteiger charge is 2.36. The Morgan fingerprint density at radius 1 is 1.37 bits per heavy atom. The lowest BCUT2D eigenvalue weighted by molar-refractivity contribution is -0.125. The van der Waals surface area contributed by atoms with Crippen LogP contribution in [-0.4, -0.2) is 51.2 Å². The second kappa shape index (κ2) is 9.16. The number of aliphatic hydroxyl groups excluding tert-OH is 1. The first-order valence-corrected chi connectivity index (χ1v) is 10.9. The summed E-state index contributed by atoms with van der Waals surface area (Å²) >= 11 is 3.50. The molecule has 0 unspecified atom stereocenters. The lowest BCUT2D eigenvalue weighted by Crippen LogP contribution is -2.42. The number of carbonyl (C=O) groups excluding carboxylic acids is 1. The van der Waals surface area contributed by atoms with Gasteiger partial charge in [-0.25, -0.2) is 4.98 Å². The molecule has 4 rings (SSSR count). The summed E-state index contributed by atoms with van der Waals surface area (Å²) in [5, 5.41) is 13.2. The maximum Gasteiger partial charge on any atom is 0.237 e. The molecule has 1 aromatic heterocycles. The third kappa shape index (κ3) is 4.66. The van der Waals surface area contributed by atoms with Gasteiger partial charge in [0.1, 0.15) is 11.6 Å². The number of fused-ring (bicyclic) bond motifs is 1. The number of H-pyrrole nitrogens is 1. The largest absolute Gasteiger partial charge is 0.494 e. The monoisotopic (exact) mass is 472 g/mol. The lowest BCUT2D eigenvalue weighted by atomic mass is 10.1. The molecule has 0 bridgehead atoms. The van der Waals surface area contributed by atoms with Crippen molar-refractivity contribution in [2.24, 2.45) is 0 Å². The van der Waals surface area contributed by atoms with E-state index in [-0.39, 0.29) is 5.91 Å². The lowest BCUT2D eigenvalue weighted by Gasteiger charge is -2.24. The van der Waals surface area contributed by atoms with Crippen LogP contribution in [-0.2, 0) is 17.9 Å². The van der Waals surface area contributed by atoms with Crippen molar-refractivity contribution in [3.8, 4) is 5.75 Å². The fourth-order valence-electron chi connectivity index (χ4n) is 3.89. The number of aliphatic hydroxyl groups is 1. The van der Waals surface area contributed by atoms with E-state index in [0.29, 0.717) is 38.5 Å². The number of likely N-dealkylation sites (tertiary alicyclic amines) is 1. The molecule has 1 amide bonds. The minimum atomic E-state index is -0.533. The van der Waals surface area contributed by atoms with Gasteiger partial charge in [0, 0.05) is 23.1 Å². The summed E-state index contributed by atoms with van der Waals surface area (Å²) in [6.07, 6.45) is -0.126. The summed E-state index contributed by atoms with van der Waals surface area (Å²) in [7, 11) is 0. The third-order valence-electron chi connectivity index (χ3n) is 5.25. The van der Waals surface area contributed by atoms with Crippen LogP contribution in [0.25, 0.3) is 11.0 Å². The van der Waals surface area contributed by atoms with Crippen molar-refractivity contribution in [3.05, 3.63) is 58.3 Å². The van der Waals surface area contributed by atoms with E-state index in [1.54, 1.807) is 0 Å². The minimum Gasteiger partial charge on any atom is -0.494 e. The number of amides is 1. The normalized spacial score (nSPS) is 19.3. The van der Waals surface area contributed by atoms with Gasteiger partial charge in [-0.05, 0) is 43.7 Å². The van der Waals surface area contributed by atoms with Gasteiger partial charge >= 0.3 is 0 Å². The SMILES string of the molecule is CCOc1ccc(Br)cc1CN1C[C@H](O)C[C@H]1C(=O)NCc1nc2ccccc2[nH]1. The summed E-state index contributed by atoms with van der Waals surface area (Å²) in [5.74, 6) is 1.39. The van der Waals surface area contributed by atoms with E-state index >= 15 is 0 Å². The van der Waals surface area contributed by atoms with Gasteiger partial charge in [0.05, 0.1) is 36.3 Å². The van der Waals surface area contributed by atoms with Gasteiger partial charge in [0.15, 0.2) is 0 Å². The van der Waals surface area contributed by atoms with E-state index in [1.165, 1.54) is 0 Å². The highest BCUT2D eigenvalue weighted by atomic mass is 79.9. The van der Waals surface area contributed by atoms with Crippen LogP contribution in [0, 0.1) is 0 Å². The van der Waals surface area contributed by atoms with E-state index in [9.17, 15) is 9.90 Å². The molecule has 158 valence electrons. The first-order chi connectivity index (χ1) is 14.5. The number of hydrogen-bond acceptors (Lipinski definition) is 5. The van der Waals surface area contributed by atoms with Crippen LogP contribution >= 0.6 is 15.9 Å². The van der Waals surface area contributed by atoms with Crippen LogP contribution in [0.4, 0.5) is 0 Å². The average Bonchev–Trinajstić information content (AvgIpc) is 3.31. The second-order valence-electron chi connectivity index (χ2n) is 7.44.